The summed E-state index contributed by atoms with van der Waals surface area (Å²) in [6.45, 7) is 1.99. The molecule has 0 bridgehead atoms. The molecule has 2 aromatic carbocycles. The van der Waals surface area contributed by atoms with E-state index in [0.29, 0.717) is 16.6 Å². The van der Waals surface area contributed by atoms with Crippen molar-refractivity contribution in [3.63, 3.8) is 0 Å². The molecule has 1 unspecified atom stereocenters. The van der Waals surface area contributed by atoms with Crippen LogP contribution in [0.3, 0.4) is 0 Å². The Morgan fingerprint density at radius 2 is 1.76 bits per heavy atom. The molecule has 0 saturated carbocycles. The number of hydrogen-bond donors (Lipinski definition) is 1. The van der Waals surface area contributed by atoms with Crippen LogP contribution in [0.15, 0.2) is 54.6 Å². The van der Waals surface area contributed by atoms with Crippen LogP contribution in [-0.4, -0.2) is 18.3 Å². The van der Waals surface area contributed by atoms with Crippen molar-refractivity contribution in [1.29, 1.82) is 0 Å². The number of carbonyl (C=O) groups is 1. The molecule has 1 amide bonds. The Morgan fingerprint density at radius 1 is 1.14 bits per heavy atom. The highest BCUT2D eigenvalue weighted by Gasteiger charge is 2.28. The standard InChI is InChI=1S/C17H18BrNO2/c1-17(12-18,13-8-4-3-5-9-13)19-16(20)14-10-6-7-11-15(14)21-2/h3-11H,12H2,1-2H3,(H,19,20). The van der Waals surface area contributed by atoms with Crippen molar-refractivity contribution in [3.8, 4) is 5.75 Å². The lowest BCUT2D eigenvalue weighted by atomic mass is 9.94. The molecule has 0 saturated heterocycles. The number of nitrogens with one attached hydrogen (secondary N) is 1. The highest BCUT2D eigenvalue weighted by Crippen LogP contribution is 2.25. The van der Waals surface area contributed by atoms with Gasteiger partial charge in [0.25, 0.3) is 5.91 Å². The van der Waals surface area contributed by atoms with Crippen molar-refractivity contribution in [1.82, 2.24) is 5.32 Å². The molecular formula is C17H18BrNO2. The molecule has 4 heteroatoms. The van der Waals surface area contributed by atoms with E-state index in [4.69, 9.17) is 4.74 Å². The second-order valence-corrected chi connectivity index (χ2v) is 5.55. The van der Waals surface area contributed by atoms with E-state index in [1.54, 1.807) is 19.2 Å². The van der Waals surface area contributed by atoms with Crippen molar-refractivity contribution in [3.05, 3.63) is 65.7 Å². The molecule has 0 aliphatic rings. The quantitative estimate of drug-likeness (QED) is 0.836. The van der Waals surface area contributed by atoms with Crippen molar-refractivity contribution in [2.75, 3.05) is 12.4 Å². The molecule has 0 spiro atoms. The van der Waals surface area contributed by atoms with Crippen LogP contribution in [0.1, 0.15) is 22.8 Å². The van der Waals surface area contributed by atoms with Crippen LogP contribution in [0.4, 0.5) is 0 Å². The smallest absolute Gasteiger partial charge is 0.255 e. The van der Waals surface area contributed by atoms with Gasteiger partial charge in [-0.05, 0) is 24.6 Å². The minimum Gasteiger partial charge on any atom is -0.496 e. The van der Waals surface area contributed by atoms with Gasteiger partial charge in [0.2, 0.25) is 0 Å². The summed E-state index contributed by atoms with van der Waals surface area (Å²) in [7, 11) is 1.56. The molecule has 21 heavy (non-hydrogen) atoms. The van der Waals surface area contributed by atoms with Gasteiger partial charge in [-0.15, -0.1) is 0 Å². The highest BCUT2D eigenvalue weighted by atomic mass is 79.9. The van der Waals surface area contributed by atoms with E-state index in [0.717, 1.165) is 5.56 Å². The van der Waals surface area contributed by atoms with Gasteiger partial charge in [-0.2, -0.15) is 0 Å². The molecule has 0 heterocycles. The fourth-order valence-electron chi connectivity index (χ4n) is 2.14. The predicted octanol–water partition coefficient (Wildman–Crippen LogP) is 3.74. The maximum absolute atomic E-state index is 12.6. The zero-order valence-electron chi connectivity index (χ0n) is 12.1. The first-order valence-corrected chi connectivity index (χ1v) is 7.80. The van der Waals surface area contributed by atoms with Gasteiger partial charge in [0.05, 0.1) is 18.2 Å². The Hall–Kier alpha value is -1.81. The van der Waals surface area contributed by atoms with Gasteiger partial charge in [0, 0.05) is 5.33 Å². The van der Waals surface area contributed by atoms with Gasteiger partial charge in [-0.25, -0.2) is 0 Å². The number of para-hydroxylation sites is 1. The lowest BCUT2D eigenvalue weighted by Gasteiger charge is -2.29. The summed E-state index contributed by atoms with van der Waals surface area (Å²) in [6, 6.07) is 17.1. The zero-order valence-corrected chi connectivity index (χ0v) is 13.7. The van der Waals surface area contributed by atoms with E-state index in [1.807, 2.05) is 49.4 Å². The monoisotopic (exact) mass is 347 g/mol. The van der Waals surface area contributed by atoms with Gasteiger partial charge in [0.15, 0.2) is 0 Å². The normalized spacial score (nSPS) is 13.3. The van der Waals surface area contributed by atoms with Crippen molar-refractivity contribution in [2.24, 2.45) is 0 Å². The third kappa shape index (κ3) is 3.45. The Labute approximate surface area is 133 Å². The summed E-state index contributed by atoms with van der Waals surface area (Å²) in [5.41, 5.74) is 1.09. The topological polar surface area (TPSA) is 38.3 Å². The summed E-state index contributed by atoms with van der Waals surface area (Å²) in [5, 5.41) is 3.70. The van der Waals surface area contributed by atoms with Gasteiger partial charge in [-0.1, -0.05) is 58.4 Å². The molecule has 0 aliphatic heterocycles. The SMILES string of the molecule is COc1ccccc1C(=O)NC(C)(CBr)c1ccccc1. The zero-order chi connectivity index (χ0) is 15.3. The van der Waals surface area contributed by atoms with Crippen LogP contribution in [0.5, 0.6) is 5.75 Å². The first-order chi connectivity index (χ1) is 10.1. The van der Waals surface area contributed by atoms with Crippen molar-refractivity contribution < 1.29 is 9.53 Å². The number of halogens is 1. The molecule has 1 atom stereocenters. The predicted molar refractivity (Wildman–Crippen MR) is 88.0 cm³/mol. The number of ether oxygens (including phenoxy) is 1. The summed E-state index contributed by atoms with van der Waals surface area (Å²) in [6.07, 6.45) is 0. The second kappa shape index (κ2) is 6.76. The summed E-state index contributed by atoms with van der Waals surface area (Å²) in [5.74, 6) is 0.415. The number of benzene rings is 2. The third-order valence-corrected chi connectivity index (χ3v) is 4.54. The lowest BCUT2D eigenvalue weighted by Crippen LogP contribution is -2.45. The first kappa shape index (κ1) is 15.6. The maximum atomic E-state index is 12.6. The minimum absolute atomic E-state index is 0.154. The van der Waals surface area contributed by atoms with E-state index in [-0.39, 0.29) is 5.91 Å². The van der Waals surface area contributed by atoms with Crippen LogP contribution in [-0.2, 0) is 5.54 Å². The van der Waals surface area contributed by atoms with E-state index in [1.165, 1.54) is 0 Å². The largest absolute Gasteiger partial charge is 0.496 e. The Balaban J connectivity index is 2.28. The third-order valence-electron chi connectivity index (χ3n) is 3.42. The lowest BCUT2D eigenvalue weighted by molar-refractivity contribution is 0.0911. The van der Waals surface area contributed by atoms with Crippen molar-refractivity contribution >= 4 is 21.8 Å². The number of hydrogen-bond acceptors (Lipinski definition) is 2. The Morgan fingerprint density at radius 3 is 2.38 bits per heavy atom. The van der Waals surface area contributed by atoms with E-state index in [9.17, 15) is 4.79 Å². The number of carbonyl (C=O) groups excluding carboxylic acids is 1. The minimum atomic E-state index is -0.487. The molecule has 0 radical (unpaired) electrons. The number of rotatable bonds is 5. The molecule has 1 N–H and O–H groups in total. The molecule has 2 rings (SSSR count). The van der Waals surface area contributed by atoms with Crippen LogP contribution in [0.25, 0.3) is 0 Å². The fraction of sp³-hybridized carbons (Fsp3) is 0.235. The van der Waals surface area contributed by atoms with Crippen molar-refractivity contribution in [2.45, 2.75) is 12.5 Å². The molecule has 0 fully saturated rings. The number of alkyl halides is 1. The van der Waals surface area contributed by atoms with Gasteiger partial charge in [-0.3, -0.25) is 4.79 Å². The van der Waals surface area contributed by atoms with Crippen LogP contribution >= 0.6 is 15.9 Å². The summed E-state index contributed by atoms with van der Waals surface area (Å²) in [4.78, 5) is 12.6. The van der Waals surface area contributed by atoms with Crippen LogP contribution < -0.4 is 10.1 Å². The number of amides is 1. The van der Waals surface area contributed by atoms with Crippen LogP contribution in [0, 0.1) is 0 Å². The fourth-order valence-corrected chi connectivity index (χ4v) is 2.60. The Bertz CT molecular complexity index is 615. The van der Waals surface area contributed by atoms with Gasteiger partial charge in [0.1, 0.15) is 5.75 Å². The highest BCUT2D eigenvalue weighted by molar-refractivity contribution is 9.09. The van der Waals surface area contributed by atoms with Crippen LogP contribution in [0.2, 0.25) is 0 Å². The first-order valence-electron chi connectivity index (χ1n) is 6.68. The maximum Gasteiger partial charge on any atom is 0.255 e. The molecule has 2 aromatic rings. The summed E-state index contributed by atoms with van der Waals surface area (Å²) < 4.78 is 5.25. The molecule has 3 nitrogen and oxygen atoms in total. The average Bonchev–Trinajstić information content (AvgIpc) is 2.55. The van der Waals surface area contributed by atoms with E-state index >= 15 is 0 Å². The van der Waals surface area contributed by atoms with E-state index < -0.39 is 5.54 Å². The van der Waals surface area contributed by atoms with E-state index in [2.05, 4.69) is 21.2 Å². The van der Waals surface area contributed by atoms with Gasteiger partial charge >= 0.3 is 0 Å². The Kier molecular flexibility index (Phi) is 5.02. The average molecular weight is 348 g/mol. The second-order valence-electron chi connectivity index (χ2n) is 4.99. The number of methoxy groups -OCH3 is 1. The van der Waals surface area contributed by atoms with Gasteiger partial charge < -0.3 is 10.1 Å². The molecule has 110 valence electrons. The molecular weight excluding hydrogens is 330 g/mol. The molecule has 0 aliphatic carbocycles. The summed E-state index contributed by atoms with van der Waals surface area (Å²) >= 11 is 3.50. The molecule has 0 aromatic heterocycles.